The Morgan fingerprint density at radius 1 is 1.46 bits per heavy atom. The van der Waals surface area contributed by atoms with Gasteiger partial charge in [0.05, 0.1) is 0 Å². The van der Waals surface area contributed by atoms with Crippen LogP contribution in [0.5, 0.6) is 0 Å². The molecule has 2 N–H and O–H groups in total. The summed E-state index contributed by atoms with van der Waals surface area (Å²) in [4.78, 5) is 0. The van der Waals surface area contributed by atoms with Crippen molar-refractivity contribution in [1.29, 1.82) is 0 Å². The summed E-state index contributed by atoms with van der Waals surface area (Å²) in [6.07, 6.45) is 0.454. The van der Waals surface area contributed by atoms with Gasteiger partial charge in [0.2, 0.25) is 0 Å². The van der Waals surface area contributed by atoms with Crippen molar-refractivity contribution in [1.82, 2.24) is 9.03 Å². The van der Waals surface area contributed by atoms with Gasteiger partial charge in [-0.25, -0.2) is 0 Å². The fourth-order valence-corrected chi connectivity index (χ4v) is 1.95. The van der Waals surface area contributed by atoms with Crippen molar-refractivity contribution in [3.05, 3.63) is 0 Å². The number of hydrogen-bond acceptors (Lipinski definition) is 3. The predicted octanol–water partition coefficient (Wildman–Crippen LogP) is -0.457. The zero-order chi connectivity index (χ0) is 10.5. The van der Waals surface area contributed by atoms with Crippen molar-refractivity contribution in [3.8, 4) is 0 Å². The van der Waals surface area contributed by atoms with Gasteiger partial charge in [0.15, 0.2) is 0 Å². The molecule has 0 aromatic carbocycles. The van der Waals surface area contributed by atoms with Gasteiger partial charge in [0.25, 0.3) is 10.2 Å². The summed E-state index contributed by atoms with van der Waals surface area (Å²) in [7, 11) is -1.87. The average molecular weight is 210 g/mol. The molecule has 0 fully saturated rings. The summed E-state index contributed by atoms with van der Waals surface area (Å²) >= 11 is 0. The maximum absolute atomic E-state index is 11.4. The zero-order valence-electron chi connectivity index (χ0n) is 8.32. The van der Waals surface area contributed by atoms with Gasteiger partial charge in [-0.1, -0.05) is 0 Å². The normalized spacial score (nSPS) is 12.8. The Balaban J connectivity index is 4.12. The summed E-state index contributed by atoms with van der Waals surface area (Å²) in [5.41, 5.74) is 0. The van der Waals surface area contributed by atoms with Crippen molar-refractivity contribution in [3.63, 3.8) is 0 Å². The molecule has 0 aliphatic rings. The molecule has 0 heterocycles. The van der Waals surface area contributed by atoms with Crippen LogP contribution in [-0.2, 0) is 10.2 Å². The van der Waals surface area contributed by atoms with E-state index in [-0.39, 0.29) is 12.6 Å². The second-order valence-electron chi connectivity index (χ2n) is 3.18. The number of rotatable bonds is 6. The number of nitrogens with one attached hydrogen (secondary N) is 1. The Kier molecular flexibility index (Phi) is 5.46. The minimum atomic E-state index is -3.36. The second-order valence-corrected chi connectivity index (χ2v) is 4.99. The van der Waals surface area contributed by atoms with E-state index in [1.807, 2.05) is 0 Å². The van der Waals surface area contributed by atoms with Crippen LogP contribution in [-0.4, -0.2) is 44.1 Å². The van der Waals surface area contributed by atoms with Crippen molar-refractivity contribution in [2.24, 2.45) is 0 Å². The maximum Gasteiger partial charge on any atom is 0.279 e. The third-order valence-electron chi connectivity index (χ3n) is 1.43. The van der Waals surface area contributed by atoms with Crippen LogP contribution in [0.4, 0.5) is 0 Å². The summed E-state index contributed by atoms with van der Waals surface area (Å²) in [6.45, 7) is 3.86. The van der Waals surface area contributed by atoms with E-state index in [0.29, 0.717) is 13.0 Å². The fourth-order valence-electron chi connectivity index (χ4n) is 0.801. The largest absolute Gasteiger partial charge is 0.396 e. The smallest absolute Gasteiger partial charge is 0.279 e. The molecule has 0 aromatic heterocycles. The number of aliphatic hydroxyl groups is 1. The van der Waals surface area contributed by atoms with E-state index in [4.69, 9.17) is 5.11 Å². The van der Waals surface area contributed by atoms with Crippen LogP contribution in [0, 0.1) is 0 Å². The first-order chi connectivity index (χ1) is 5.90. The standard InChI is InChI=1S/C7H18N2O3S/c1-7(2)8-13(11,12)9(3)5-4-6-10/h7-8,10H,4-6H2,1-3H3. The molecule has 6 heteroatoms. The molecule has 0 atom stereocenters. The lowest BCUT2D eigenvalue weighted by atomic mass is 10.4. The SMILES string of the molecule is CC(C)NS(=O)(=O)N(C)CCCO. The van der Waals surface area contributed by atoms with E-state index >= 15 is 0 Å². The highest BCUT2D eigenvalue weighted by molar-refractivity contribution is 7.87. The first-order valence-electron chi connectivity index (χ1n) is 4.24. The lowest BCUT2D eigenvalue weighted by Gasteiger charge is -2.18. The number of nitrogens with zero attached hydrogens (tertiary/aromatic N) is 1. The number of aliphatic hydroxyl groups excluding tert-OH is 1. The summed E-state index contributed by atoms with van der Waals surface area (Å²) < 4.78 is 26.4. The quantitative estimate of drug-likeness (QED) is 0.623. The van der Waals surface area contributed by atoms with Crippen molar-refractivity contribution >= 4 is 10.2 Å². The Bertz CT molecular complexity index is 226. The molecular weight excluding hydrogens is 192 g/mol. The molecule has 0 spiro atoms. The monoisotopic (exact) mass is 210 g/mol. The Labute approximate surface area is 79.9 Å². The summed E-state index contributed by atoms with van der Waals surface area (Å²) in [5.74, 6) is 0. The van der Waals surface area contributed by atoms with Gasteiger partial charge < -0.3 is 5.11 Å². The van der Waals surface area contributed by atoms with Crippen molar-refractivity contribution in [2.45, 2.75) is 26.3 Å². The molecule has 0 aliphatic carbocycles. The zero-order valence-corrected chi connectivity index (χ0v) is 9.13. The molecule has 0 saturated carbocycles. The molecule has 0 bridgehead atoms. The Hall–Kier alpha value is -0.170. The minimum absolute atomic E-state index is 0.00153. The molecule has 0 saturated heterocycles. The molecule has 0 aromatic rings. The van der Waals surface area contributed by atoms with Crippen LogP contribution in [0.25, 0.3) is 0 Å². The second kappa shape index (κ2) is 5.54. The van der Waals surface area contributed by atoms with E-state index in [9.17, 15) is 8.42 Å². The van der Waals surface area contributed by atoms with Crippen LogP contribution in [0.1, 0.15) is 20.3 Å². The molecule has 0 unspecified atom stereocenters. The van der Waals surface area contributed by atoms with E-state index in [1.54, 1.807) is 13.8 Å². The third-order valence-corrected chi connectivity index (χ3v) is 3.20. The summed E-state index contributed by atoms with van der Waals surface area (Å²) in [6, 6.07) is -0.110. The fraction of sp³-hybridized carbons (Fsp3) is 1.00. The average Bonchev–Trinajstić information content (AvgIpc) is 1.97. The Morgan fingerprint density at radius 2 is 2.00 bits per heavy atom. The Morgan fingerprint density at radius 3 is 2.38 bits per heavy atom. The van der Waals surface area contributed by atoms with Crippen molar-refractivity contribution in [2.75, 3.05) is 20.2 Å². The third kappa shape index (κ3) is 5.20. The molecule has 0 radical (unpaired) electrons. The lowest BCUT2D eigenvalue weighted by molar-refractivity contribution is 0.275. The van der Waals surface area contributed by atoms with Crippen LogP contribution >= 0.6 is 0 Å². The van der Waals surface area contributed by atoms with Gasteiger partial charge in [-0.15, -0.1) is 0 Å². The van der Waals surface area contributed by atoms with Crippen LogP contribution in [0.15, 0.2) is 0 Å². The molecule has 0 aliphatic heterocycles. The molecule has 0 rings (SSSR count). The highest BCUT2D eigenvalue weighted by atomic mass is 32.2. The van der Waals surface area contributed by atoms with Crippen LogP contribution in [0.2, 0.25) is 0 Å². The van der Waals surface area contributed by atoms with E-state index in [1.165, 1.54) is 11.4 Å². The summed E-state index contributed by atoms with van der Waals surface area (Å²) in [5, 5.41) is 8.52. The van der Waals surface area contributed by atoms with E-state index in [2.05, 4.69) is 4.72 Å². The van der Waals surface area contributed by atoms with Crippen molar-refractivity contribution < 1.29 is 13.5 Å². The first kappa shape index (κ1) is 12.8. The van der Waals surface area contributed by atoms with Crippen LogP contribution in [0.3, 0.4) is 0 Å². The molecule has 5 nitrogen and oxygen atoms in total. The lowest BCUT2D eigenvalue weighted by Crippen LogP contribution is -2.42. The molecular formula is C7H18N2O3S. The van der Waals surface area contributed by atoms with Gasteiger partial charge in [-0.3, -0.25) is 0 Å². The predicted molar refractivity (Wildman–Crippen MR) is 51.5 cm³/mol. The molecule has 13 heavy (non-hydrogen) atoms. The maximum atomic E-state index is 11.4. The van der Waals surface area contributed by atoms with Crippen LogP contribution < -0.4 is 4.72 Å². The van der Waals surface area contributed by atoms with E-state index < -0.39 is 10.2 Å². The van der Waals surface area contributed by atoms with Gasteiger partial charge in [0, 0.05) is 26.2 Å². The van der Waals surface area contributed by atoms with Gasteiger partial charge >= 0.3 is 0 Å². The highest BCUT2D eigenvalue weighted by Crippen LogP contribution is 1.96. The van der Waals surface area contributed by atoms with E-state index in [0.717, 1.165) is 0 Å². The minimum Gasteiger partial charge on any atom is -0.396 e. The topological polar surface area (TPSA) is 69.6 Å². The molecule has 0 amide bonds. The molecule has 80 valence electrons. The van der Waals surface area contributed by atoms with Gasteiger partial charge in [-0.2, -0.15) is 17.4 Å². The highest BCUT2D eigenvalue weighted by Gasteiger charge is 2.17. The first-order valence-corrected chi connectivity index (χ1v) is 5.68. The number of hydrogen-bond donors (Lipinski definition) is 2. The van der Waals surface area contributed by atoms with Gasteiger partial charge in [0.1, 0.15) is 0 Å². The van der Waals surface area contributed by atoms with Gasteiger partial charge in [-0.05, 0) is 20.3 Å².